The fourth-order valence-corrected chi connectivity index (χ4v) is 2.18. The first-order chi connectivity index (χ1) is 12.3. The standard InChI is InChI=1S/C17H17Cl2N3O4/c1-10(5-6-20-17(24)15-7-11(2)22-26-15)21-16(23)9-25-12-3-4-13(18)14(19)8-12/h3-4,7-8H,1,5-6,9H2,2H3,(H,20,24)(H,21,23). The van der Waals surface area contributed by atoms with Gasteiger partial charge in [0.2, 0.25) is 5.76 Å². The van der Waals surface area contributed by atoms with Crippen molar-refractivity contribution in [3.05, 3.63) is 58.0 Å². The molecule has 138 valence electrons. The predicted molar refractivity (Wildman–Crippen MR) is 97.4 cm³/mol. The van der Waals surface area contributed by atoms with Crippen LogP contribution in [0.3, 0.4) is 0 Å². The van der Waals surface area contributed by atoms with Gasteiger partial charge in [-0.2, -0.15) is 0 Å². The third kappa shape index (κ3) is 6.09. The van der Waals surface area contributed by atoms with Crippen LogP contribution in [0.15, 0.2) is 41.1 Å². The van der Waals surface area contributed by atoms with Gasteiger partial charge in [-0.15, -0.1) is 0 Å². The van der Waals surface area contributed by atoms with Crippen LogP contribution in [0.4, 0.5) is 0 Å². The van der Waals surface area contributed by atoms with E-state index in [1.807, 2.05) is 0 Å². The van der Waals surface area contributed by atoms with Crippen molar-refractivity contribution in [2.24, 2.45) is 0 Å². The van der Waals surface area contributed by atoms with E-state index in [9.17, 15) is 9.59 Å². The number of nitrogens with zero attached hydrogens (tertiary/aromatic N) is 1. The maximum atomic E-state index is 11.8. The predicted octanol–water partition coefficient (Wildman–Crippen LogP) is 3.12. The molecular formula is C17H17Cl2N3O4. The van der Waals surface area contributed by atoms with E-state index in [2.05, 4.69) is 22.4 Å². The maximum Gasteiger partial charge on any atom is 0.289 e. The smallest absolute Gasteiger partial charge is 0.289 e. The van der Waals surface area contributed by atoms with Gasteiger partial charge in [0.15, 0.2) is 6.61 Å². The molecule has 0 radical (unpaired) electrons. The molecule has 0 atom stereocenters. The third-order valence-corrected chi connectivity index (χ3v) is 3.88. The van der Waals surface area contributed by atoms with Crippen LogP contribution in [0, 0.1) is 6.92 Å². The van der Waals surface area contributed by atoms with Crippen molar-refractivity contribution >= 4 is 35.0 Å². The summed E-state index contributed by atoms with van der Waals surface area (Å²) in [4.78, 5) is 23.6. The van der Waals surface area contributed by atoms with Gasteiger partial charge in [-0.05, 0) is 19.1 Å². The fraction of sp³-hybridized carbons (Fsp3) is 0.235. The first kappa shape index (κ1) is 19.8. The van der Waals surface area contributed by atoms with Crippen LogP contribution in [0.1, 0.15) is 22.7 Å². The van der Waals surface area contributed by atoms with E-state index in [0.29, 0.717) is 33.6 Å². The van der Waals surface area contributed by atoms with Gasteiger partial charge in [0.1, 0.15) is 5.75 Å². The molecule has 0 aliphatic rings. The van der Waals surface area contributed by atoms with Gasteiger partial charge in [0, 0.05) is 30.8 Å². The monoisotopic (exact) mass is 397 g/mol. The van der Waals surface area contributed by atoms with Gasteiger partial charge >= 0.3 is 0 Å². The largest absolute Gasteiger partial charge is 0.484 e. The second-order valence-electron chi connectivity index (χ2n) is 5.35. The molecule has 2 N–H and O–H groups in total. The van der Waals surface area contributed by atoms with Crippen LogP contribution in [-0.4, -0.2) is 30.1 Å². The number of aromatic nitrogens is 1. The number of rotatable bonds is 8. The average molecular weight is 398 g/mol. The Bertz CT molecular complexity index is 820. The molecule has 9 heteroatoms. The van der Waals surface area contributed by atoms with Crippen LogP contribution in [0.2, 0.25) is 10.0 Å². The minimum atomic E-state index is -0.382. The number of aryl methyl sites for hydroxylation is 1. The lowest BCUT2D eigenvalue weighted by atomic mass is 10.3. The van der Waals surface area contributed by atoms with E-state index < -0.39 is 0 Å². The van der Waals surface area contributed by atoms with Crippen molar-refractivity contribution in [1.29, 1.82) is 0 Å². The number of hydrogen-bond acceptors (Lipinski definition) is 5. The van der Waals surface area contributed by atoms with E-state index in [0.717, 1.165) is 0 Å². The van der Waals surface area contributed by atoms with Gasteiger partial charge in [-0.1, -0.05) is 34.9 Å². The summed E-state index contributed by atoms with van der Waals surface area (Å²) in [5.41, 5.74) is 1.07. The normalized spacial score (nSPS) is 10.3. The SMILES string of the molecule is C=C(CCNC(=O)c1cc(C)no1)NC(=O)COc1ccc(Cl)c(Cl)c1. The number of hydrogen-bond donors (Lipinski definition) is 2. The molecule has 0 saturated carbocycles. The molecule has 0 aliphatic heterocycles. The van der Waals surface area contributed by atoms with Crippen LogP contribution in [-0.2, 0) is 4.79 Å². The van der Waals surface area contributed by atoms with E-state index in [-0.39, 0.29) is 30.7 Å². The number of nitrogens with one attached hydrogen (secondary N) is 2. The highest BCUT2D eigenvalue weighted by molar-refractivity contribution is 6.42. The molecule has 0 unspecified atom stereocenters. The molecular weight excluding hydrogens is 381 g/mol. The van der Waals surface area contributed by atoms with Crippen molar-refractivity contribution in [1.82, 2.24) is 15.8 Å². The Hall–Kier alpha value is -2.51. The quantitative estimate of drug-likeness (QED) is 0.713. The van der Waals surface area contributed by atoms with Crippen molar-refractivity contribution in [3.63, 3.8) is 0 Å². The second kappa shape index (κ2) is 9.26. The lowest BCUT2D eigenvalue weighted by molar-refractivity contribution is -0.122. The minimum absolute atomic E-state index is 0.132. The Balaban J connectivity index is 1.67. The van der Waals surface area contributed by atoms with Gasteiger partial charge < -0.3 is 19.9 Å². The highest BCUT2D eigenvalue weighted by atomic mass is 35.5. The molecule has 2 aromatic rings. The first-order valence-corrected chi connectivity index (χ1v) is 8.37. The van der Waals surface area contributed by atoms with E-state index in [1.54, 1.807) is 19.1 Å². The van der Waals surface area contributed by atoms with Crippen LogP contribution in [0.5, 0.6) is 5.75 Å². The zero-order valence-corrected chi connectivity index (χ0v) is 15.5. The van der Waals surface area contributed by atoms with Crippen molar-refractivity contribution in [2.45, 2.75) is 13.3 Å². The molecule has 1 aromatic carbocycles. The molecule has 7 nitrogen and oxygen atoms in total. The second-order valence-corrected chi connectivity index (χ2v) is 6.17. The third-order valence-electron chi connectivity index (χ3n) is 3.14. The summed E-state index contributed by atoms with van der Waals surface area (Å²) in [6, 6.07) is 6.24. The molecule has 1 heterocycles. The summed E-state index contributed by atoms with van der Waals surface area (Å²) < 4.78 is 10.2. The summed E-state index contributed by atoms with van der Waals surface area (Å²) in [6.45, 7) is 5.53. The number of halogens is 2. The van der Waals surface area contributed by atoms with Crippen molar-refractivity contribution in [3.8, 4) is 5.75 Å². The van der Waals surface area contributed by atoms with Crippen molar-refractivity contribution in [2.75, 3.05) is 13.2 Å². The van der Waals surface area contributed by atoms with Crippen LogP contribution in [0.25, 0.3) is 0 Å². The summed E-state index contributed by atoms with van der Waals surface area (Å²) >= 11 is 11.7. The minimum Gasteiger partial charge on any atom is -0.484 e. The molecule has 0 bridgehead atoms. The molecule has 0 saturated heterocycles. The number of amides is 2. The molecule has 2 rings (SSSR count). The Morgan fingerprint density at radius 3 is 2.69 bits per heavy atom. The molecule has 0 aliphatic carbocycles. The zero-order valence-electron chi connectivity index (χ0n) is 14.0. The van der Waals surface area contributed by atoms with Crippen LogP contribution >= 0.6 is 23.2 Å². The number of carbonyl (C=O) groups is 2. The number of benzene rings is 1. The molecule has 1 aromatic heterocycles. The highest BCUT2D eigenvalue weighted by Gasteiger charge is 2.11. The molecule has 0 spiro atoms. The zero-order chi connectivity index (χ0) is 19.1. The Morgan fingerprint density at radius 2 is 2.04 bits per heavy atom. The van der Waals surface area contributed by atoms with Gasteiger partial charge in [0.25, 0.3) is 11.8 Å². The van der Waals surface area contributed by atoms with E-state index in [4.69, 9.17) is 32.5 Å². The van der Waals surface area contributed by atoms with Gasteiger partial charge in [-0.25, -0.2) is 0 Å². The lowest BCUT2D eigenvalue weighted by Crippen LogP contribution is -2.30. The Morgan fingerprint density at radius 1 is 1.27 bits per heavy atom. The summed E-state index contributed by atoms with van der Waals surface area (Å²) in [5.74, 6) is -0.201. The number of carbonyl (C=O) groups excluding carboxylic acids is 2. The summed E-state index contributed by atoms with van der Waals surface area (Å²) in [5, 5.41) is 9.61. The maximum absolute atomic E-state index is 11.8. The lowest BCUT2D eigenvalue weighted by Gasteiger charge is -2.10. The average Bonchev–Trinajstić information content (AvgIpc) is 3.02. The van der Waals surface area contributed by atoms with E-state index >= 15 is 0 Å². The summed E-state index contributed by atoms with van der Waals surface area (Å²) in [7, 11) is 0. The first-order valence-electron chi connectivity index (χ1n) is 7.62. The fourth-order valence-electron chi connectivity index (χ4n) is 1.90. The van der Waals surface area contributed by atoms with Crippen LogP contribution < -0.4 is 15.4 Å². The Labute approximate surface area is 160 Å². The topological polar surface area (TPSA) is 93.5 Å². The molecule has 0 fully saturated rings. The highest BCUT2D eigenvalue weighted by Crippen LogP contribution is 2.26. The van der Waals surface area contributed by atoms with Gasteiger partial charge in [-0.3, -0.25) is 9.59 Å². The van der Waals surface area contributed by atoms with E-state index in [1.165, 1.54) is 12.1 Å². The molecule has 2 amide bonds. The molecule has 26 heavy (non-hydrogen) atoms. The van der Waals surface area contributed by atoms with Crippen molar-refractivity contribution < 1.29 is 18.8 Å². The number of ether oxygens (including phenoxy) is 1. The Kier molecular flexibility index (Phi) is 7.06. The van der Waals surface area contributed by atoms with Gasteiger partial charge in [0.05, 0.1) is 15.7 Å². The summed E-state index contributed by atoms with van der Waals surface area (Å²) in [6.07, 6.45) is 0.359.